The van der Waals surface area contributed by atoms with Crippen molar-refractivity contribution in [3.63, 3.8) is 0 Å². The molecule has 0 fully saturated rings. The number of thioether (sulfide) groups is 1. The predicted octanol–water partition coefficient (Wildman–Crippen LogP) is 5.12. The van der Waals surface area contributed by atoms with Gasteiger partial charge in [0.1, 0.15) is 5.75 Å². The van der Waals surface area contributed by atoms with E-state index < -0.39 is 0 Å². The normalized spacial score (nSPS) is 11.2. The number of carbonyl (C=O) groups is 1. The van der Waals surface area contributed by atoms with Gasteiger partial charge in [-0.3, -0.25) is 4.79 Å². The molecule has 3 aromatic carbocycles. The van der Waals surface area contributed by atoms with Crippen LogP contribution < -0.4 is 10.2 Å². The lowest BCUT2D eigenvalue weighted by molar-refractivity contribution is -0.118. The Hall–Kier alpha value is -3.58. The first kappa shape index (κ1) is 22.6. The lowest BCUT2D eigenvalue weighted by atomic mass is 10.2. The highest BCUT2D eigenvalue weighted by atomic mass is 32.2. The molecule has 6 nitrogen and oxygen atoms in total. The van der Waals surface area contributed by atoms with Crippen LogP contribution in [0.1, 0.15) is 24.5 Å². The smallest absolute Gasteiger partial charge is 0.250 e. The maximum atomic E-state index is 12.4. The molecule has 7 heteroatoms. The fourth-order valence-electron chi connectivity index (χ4n) is 3.29. The van der Waals surface area contributed by atoms with Crippen molar-refractivity contribution >= 4 is 34.9 Å². The fraction of sp³-hybridized carbons (Fsp3) is 0.192. The molecule has 0 atom stereocenters. The minimum absolute atomic E-state index is 0.183. The quantitative estimate of drug-likeness (QED) is 0.204. The maximum absolute atomic E-state index is 12.4. The highest BCUT2D eigenvalue weighted by molar-refractivity contribution is 7.99. The van der Waals surface area contributed by atoms with Crippen LogP contribution in [0.2, 0.25) is 0 Å². The lowest BCUT2D eigenvalue weighted by Crippen LogP contribution is -2.20. The summed E-state index contributed by atoms with van der Waals surface area (Å²) in [6, 6.07) is 25.9. The molecule has 0 saturated carbocycles. The van der Waals surface area contributed by atoms with Crippen molar-refractivity contribution in [2.75, 3.05) is 12.4 Å². The van der Waals surface area contributed by atoms with E-state index in [1.807, 2.05) is 60.7 Å². The molecule has 1 aromatic heterocycles. The number of hydrazone groups is 1. The number of imidazole rings is 1. The number of amides is 1. The van der Waals surface area contributed by atoms with Gasteiger partial charge in [-0.2, -0.15) is 5.10 Å². The Labute approximate surface area is 197 Å². The molecule has 1 N–H and O–H groups in total. The Balaban J connectivity index is 1.36. The summed E-state index contributed by atoms with van der Waals surface area (Å²) in [6.07, 6.45) is 2.59. The lowest BCUT2D eigenvalue weighted by Gasteiger charge is -2.09. The molecule has 0 bridgehead atoms. The Morgan fingerprint density at radius 3 is 2.61 bits per heavy atom. The van der Waals surface area contributed by atoms with E-state index in [-0.39, 0.29) is 11.7 Å². The van der Waals surface area contributed by atoms with Crippen LogP contribution in [0.25, 0.3) is 11.0 Å². The molecule has 4 rings (SSSR count). The summed E-state index contributed by atoms with van der Waals surface area (Å²) >= 11 is 1.41. The van der Waals surface area contributed by atoms with Gasteiger partial charge in [-0.1, -0.05) is 61.2 Å². The van der Waals surface area contributed by atoms with E-state index >= 15 is 0 Å². The Bertz CT molecular complexity index is 1220. The van der Waals surface area contributed by atoms with Gasteiger partial charge in [0, 0.05) is 0 Å². The van der Waals surface area contributed by atoms with Crippen LogP contribution in [-0.2, 0) is 11.3 Å². The van der Waals surface area contributed by atoms with E-state index in [1.54, 1.807) is 6.21 Å². The van der Waals surface area contributed by atoms with Crippen molar-refractivity contribution in [2.45, 2.75) is 25.0 Å². The summed E-state index contributed by atoms with van der Waals surface area (Å²) in [6.45, 7) is 3.46. The highest BCUT2D eigenvalue weighted by Gasteiger charge is 2.13. The van der Waals surface area contributed by atoms with Gasteiger partial charge in [-0.25, -0.2) is 10.4 Å². The fourth-order valence-corrected chi connectivity index (χ4v) is 4.10. The third-order valence-corrected chi connectivity index (χ3v) is 5.87. The van der Waals surface area contributed by atoms with Gasteiger partial charge < -0.3 is 9.30 Å². The van der Waals surface area contributed by atoms with Crippen LogP contribution in [0.3, 0.4) is 0 Å². The standard InChI is InChI=1S/C26H26N4O2S/c1-2-16-32-22-14-12-20(13-15-22)17-27-29-25(31)19-33-26-28-23-10-6-7-11-24(23)30(26)18-21-8-4-3-5-9-21/h3-15,17H,2,16,18-19H2,1H3,(H,29,31)/b27-17-. The van der Waals surface area contributed by atoms with Gasteiger partial charge in [-0.15, -0.1) is 0 Å². The predicted molar refractivity (Wildman–Crippen MR) is 134 cm³/mol. The van der Waals surface area contributed by atoms with Crippen molar-refractivity contribution in [2.24, 2.45) is 5.10 Å². The van der Waals surface area contributed by atoms with Crippen LogP contribution in [0.5, 0.6) is 5.75 Å². The molecular formula is C26H26N4O2S. The van der Waals surface area contributed by atoms with Crippen molar-refractivity contribution in [3.8, 4) is 5.75 Å². The van der Waals surface area contributed by atoms with Gasteiger partial charge in [0.15, 0.2) is 5.16 Å². The first-order chi connectivity index (χ1) is 16.2. The van der Waals surface area contributed by atoms with E-state index in [2.05, 4.69) is 40.2 Å². The van der Waals surface area contributed by atoms with Gasteiger partial charge in [0.05, 0.1) is 36.2 Å². The second-order valence-electron chi connectivity index (χ2n) is 7.45. The van der Waals surface area contributed by atoms with Crippen LogP contribution >= 0.6 is 11.8 Å². The second kappa shape index (κ2) is 11.3. The van der Waals surface area contributed by atoms with Gasteiger partial charge >= 0.3 is 0 Å². The zero-order valence-electron chi connectivity index (χ0n) is 18.5. The Morgan fingerprint density at radius 2 is 1.82 bits per heavy atom. The Kier molecular flexibility index (Phi) is 7.76. The number of aromatic nitrogens is 2. The minimum atomic E-state index is -0.183. The first-order valence-electron chi connectivity index (χ1n) is 10.9. The van der Waals surface area contributed by atoms with Crippen molar-refractivity contribution in [1.82, 2.24) is 15.0 Å². The molecule has 168 valence electrons. The van der Waals surface area contributed by atoms with Crippen molar-refractivity contribution in [1.29, 1.82) is 0 Å². The molecule has 4 aromatic rings. The molecule has 1 amide bonds. The average Bonchev–Trinajstić information content (AvgIpc) is 3.20. The van der Waals surface area contributed by atoms with E-state index in [9.17, 15) is 4.79 Å². The van der Waals surface area contributed by atoms with Crippen LogP contribution in [0.15, 0.2) is 89.1 Å². The number of nitrogens with zero attached hydrogens (tertiary/aromatic N) is 3. The summed E-state index contributed by atoms with van der Waals surface area (Å²) < 4.78 is 7.72. The monoisotopic (exact) mass is 458 g/mol. The summed E-state index contributed by atoms with van der Waals surface area (Å²) in [5.41, 5.74) is 6.63. The third kappa shape index (κ3) is 6.23. The number of nitrogens with one attached hydrogen (secondary N) is 1. The number of carbonyl (C=O) groups excluding carboxylic acids is 1. The second-order valence-corrected chi connectivity index (χ2v) is 8.40. The summed E-state index contributed by atoms with van der Waals surface area (Å²) in [5.74, 6) is 0.865. The summed E-state index contributed by atoms with van der Waals surface area (Å²) in [4.78, 5) is 17.1. The number of para-hydroxylation sites is 2. The van der Waals surface area contributed by atoms with Crippen molar-refractivity contribution in [3.05, 3.63) is 90.0 Å². The number of hydrogen-bond acceptors (Lipinski definition) is 5. The highest BCUT2D eigenvalue weighted by Crippen LogP contribution is 2.25. The zero-order chi connectivity index (χ0) is 22.9. The molecule has 0 aliphatic heterocycles. The van der Waals surface area contributed by atoms with Gasteiger partial charge in [0.25, 0.3) is 5.91 Å². The number of fused-ring (bicyclic) bond motifs is 1. The molecular weight excluding hydrogens is 432 g/mol. The van der Waals surface area contributed by atoms with Crippen LogP contribution in [0, 0.1) is 0 Å². The molecule has 0 saturated heterocycles. The number of ether oxygens (including phenoxy) is 1. The average molecular weight is 459 g/mol. The van der Waals surface area contributed by atoms with Crippen LogP contribution in [-0.4, -0.2) is 34.0 Å². The molecule has 0 unspecified atom stereocenters. The van der Waals surface area contributed by atoms with Gasteiger partial charge in [-0.05, 0) is 53.9 Å². The minimum Gasteiger partial charge on any atom is -0.494 e. The zero-order valence-corrected chi connectivity index (χ0v) is 19.3. The van der Waals surface area contributed by atoms with E-state index in [0.29, 0.717) is 13.2 Å². The van der Waals surface area contributed by atoms with Crippen molar-refractivity contribution < 1.29 is 9.53 Å². The topological polar surface area (TPSA) is 68.5 Å². The first-order valence-corrected chi connectivity index (χ1v) is 11.9. The largest absolute Gasteiger partial charge is 0.494 e. The van der Waals surface area contributed by atoms with E-state index in [4.69, 9.17) is 9.72 Å². The number of hydrogen-bond donors (Lipinski definition) is 1. The summed E-state index contributed by atoms with van der Waals surface area (Å²) in [5, 5.41) is 4.88. The number of rotatable bonds is 10. The molecule has 33 heavy (non-hydrogen) atoms. The molecule has 1 heterocycles. The Morgan fingerprint density at radius 1 is 1.06 bits per heavy atom. The number of benzene rings is 3. The molecule has 0 spiro atoms. The molecule has 0 aliphatic carbocycles. The third-order valence-electron chi connectivity index (χ3n) is 4.89. The maximum Gasteiger partial charge on any atom is 0.250 e. The van der Waals surface area contributed by atoms with Gasteiger partial charge in [0.2, 0.25) is 0 Å². The molecule has 0 aliphatic rings. The SMILES string of the molecule is CCCOc1ccc(/C=N\NC(=O)CSc2nc3ccccc3n2Cc2ccccc2)cc1. The molecule has 0 radical (unpaired) electrons. The van der Waals surface area contributed by atoms with Crippen LogP contribution in [0.4, 0.5) is 0 Å². The van der Waals surface area contributed by atoms with E-state index in [0.717, 1.165) is 33.9 Å². The van der Waals surface area contributed by atoms with E-state index in [1.165, 1.54) is 17.3 Å². The summed E-state index contributed by atoms with van der Waals surface area (Å²) in [7, 11) is 0.